The fourth-order valence-electron chi connectivity index (χ4n) is 3.23. The number of nitrogen functional groups attached to an aromatic ring is 1. The summed E-state index contributed by atoms with van der Waals surface area (Å²) in [5.74, 6) is 1.89. The smallest absolute Gasteiger partial charge is 0.132 e. The zero-order valence-electron chi connectivity index (χ0n) is 12.2. The molecule has 0 fully saturated rings. The highest BCUT2D eigenvalue weighted by Gasteiger charge is 2.27. The van der Waals surface area contributed by atoms with Gasteiger partial charge in [-0.2, -0.15) is 0 Å². The third-order valence-corrected chi connectivity index (χ3v) is 4.11. The molecule has 2 N–H and O–H groups in total. The van der Waals surface area contributed by atoms with Crippen LogP contribution in [-0.2, 0) is 6.42 Å². The maximum atomic E-state index is 14.1. The summed E-state index contributed by atoms with van der Waals surface area (Å²) in [7, 11) is 0. The van der Waals surface area contributed by atoms with Crippen LogP contribution in [0.3, 0.4) is 0 Å². The average Bonchev–Trinajstić information content (AvgIpc) is 2.69. The fourth-order valence-corrected chi connectivity index (χ4v) is 3.23. The minimum atomic E-state index is -0.265. The number of hydrogen-bond acceptors (Lipinski definition) is 2. The Morgan fingerprint density at radius 3 is 2.85 bits per heavy atom. The van der Waals surface area contributed by atoms with Crippen LogP contribution < -0.4 is 5.73 Å². The summed E-state index contributed by atoms with van der Waals surface area (Å²) >= 11 is 0. The van der Waals surface area contributed by atoms with Gasteiger partial charge in [0.25, 0.3) is 0 Å². The molecule has 4 heteroatoms. The molecule has 1 aromatic carbocycles. The molecule has 0 saturated heterocycles. The molecule has 2 aromatic rings. The molecule has 0 amide bonds. The van der Waals surface area contributed by atoms with Crippen molar-refractivity contribution in [2.75, 3.05) is 5.73 Å². The number of aromatic nitrogens is 2. The van der Waals surface area contributed by atoms with Crippen LogP contribution in [0.5, 0.6) is 0 Å². The molecule has 0 radical (unpaired) electrons. The van der Waals surface area contributed by atoms with E-state index in [1.54, 1.807) is 6.07 Å². The molecule has 1 aliphatic rings. The lowest BCUT2D eigenvalue weighted by molar-refractivity contribution is 0.346. The number of benzene rings is 1. The van der Waals surface area contributed by atoms with Gasteiger partial charge in [0.15, 0.2) is 0 Å². The van der Waals surface area contributed by atoms with Gasteiger partial charge < -0.3 is 10.3 Å². The number of imidazole rings is 1. The summed E-state index contributed by atoms with van der Waals surface area (Å²) in [5, 5.41) is 0. The second-order valence-electron chi connectivity index (χ2n) is 6.01. The van der Waals surface area contributed by atoms with Gasteiger partial charge in [-0.3, -0.25) is 0 Å². The van der Waals surface area contributed by atoms with E-state index in [4.69, 9.17) is 5.73 Å². The van der Waals surface area contributed by atoms with Crippen molar-refractivity contribution in [3.8, 4) is 11.3 Å². The molecule has 2 unspecified atom stereocenters. The van der Waals surface area contributed by atoms with Gasteiger partial charge in [0, 0.05) is 18.0 Å². The van der Waals surface area contributed by atoms with Gasteiger partial charge >= 0.3 is 0 Å². The van der Waals surface area contributed by atoms with E-state index < -0.39 is 0 Å². The van der Waals surface area contributed by atoms with Gasteiger partial charge in [0.1, 0.15) is 23.2 Å². The van der Waals surface area contributed by atoms with Gasteiger partial charge in [-0.25, -0.2) is 9.37 Å². The van der Waals surface area contributed by atoms with Gasteiger partial charge in [-0.05, 0) is 38.3 Å². The third kappa shape index (κ3) is 1.99. The normalized spacial score (nSPS) is 21.8. The number of aryl methyl sites for hydroxylation is 1. The zero-order valence-corrected chi connectivity index (χ0v) is 12.2. The summed E-state index contributed by atoms with van der Waals surface area (Å²) in [5.41, 5.74) is 8.34. The quantitative estimate of drug-likeness (QED) is 0.860. The van der Waals surface area contributed by atoms with Crippen molar-refractivity contribution < 1.29 is 4.39 Å². The molecule has 2 atom stereocenters. The SMILES string of the molecule is Cc1ccc(F)c(-c2nc3n(c2N)C(C)CC(C)C3)c1. The Hall–Kier alpha value is -1.84. The number of nitrogens with zero attached hydrogens (tertiary/aromatic N) is 2. The van der Waals surface area contributed by atoms with E-state index in [0.29, 0.717) is 29.0 Å². The summed E-state index contributed by atoms with van der Waals surface area (Å²) in [6, 6.07) is 5.38. The van der Waals surface area contributed by atoms with Gasteiger partial charge in [-0.15, -0.1) is 0 Å². The van der Waals surface area contributed by atoms with Crippen molar-refractivity contribution in [2.45, 2.75) is 39.7 Å². The molecule has 3 nitrogen and oxygen atoms in total. The van der Waals surface area contributed by atoms with Gasteiger partial charge in [0.2, 0.25) is 0 Å². The van der Waals surface area contributed by atoms with Gasteiger partial charge in [0.05, 0.1) is 0 Å². The Morgan fingerprint density at radius 2 is 2.10 bits per heavy atom. The maximum absolute atomic E-state index is 14.1. The van der Waals surface area contributed by atoms with E-state index in [0.717, 1.165) is 24.2 Å². The lowest BCUT2D eigenvalue weighted by Gasteiger charge is -2.27. The lowest BCUT2D eigenvalue weighted by atomic mass is 9.95. The van der Waals surface area contributed by atoms with Crippen LogP contribution in [0.4, 0.5) is 10.2 Å². The summed E-state index contributed by atoms with van der Waals surface area (Å²) in [4.78, 5) is 4.62. The molecule has 2 heterocycles. The molecule has 0 spiro atoms. The number of anilines is 1. The molecule has 20 heavy (non-hydrogen) atoms. The third-order valence-electron chi connectivity index (χ3n) is 4.11. The predicted molar refractivity (Wildman–Crippen MR) is 79.0 cm³/mol. The number of rotatable bonds is 1. The van der Waals surface area contributed by atoms with E-state index in [2.05, 4.69) is 23.4 Å². The first kappa shape index (κ1) is 13.2. The minimum Gasteiger partial charge on any atom is -0.383 e. The number of halogens is 1. The molecule has 1 aliphatic heterocycles. The van der Waals surface area contributed by atoms with E-state index in [-0.39, 0.29) is 5.82 Å². The van der Waals surface area contributed by atoms with Crippen LogP contribution in [-0.4, -0.2) is 9.55 Å². The largest absolute Gasteiger partial charge is 0.383 e. The summed E-state index contributed by atoms with van der Waals surface area (Å²) in [6.45, 7) is 6.31. The lowest BCUT2D eigenvalue weighted by Crippen LogP contribution is -2.22. The fraction of sp³-hybridized carbons (Fsp3) is 0.438. The number of hydrogen-bond donors (Lipinski definition) is 1. The van der Waals surface area contributed by atoms with Gasteiger partial charge in [-0.1, -0.05) is 18.6 Å². The Balaban J connectivity index is 2.17. The predicted octanol–water partition coefficient (Wildman–Crippen LogP) is 3.72. The van der Waals surface area contributed by atoms with Crippen molar-refractivity contribution in [3.63, 3.8) is 0 Å². The second kappa shape index (κ2) is 4.62. The first-order valence-electron chi connectivity index (χ1n) is 7.10. The molecule has 0 aliphatic carbocycles. The molecule has 0 saturated carbocycles. The molecular weight excluding hydrogens is 253 g/mol. The standard InChI is InChI=1S/C16H20FN3/c1-9-4-5-13(17)12(7-9)15-16(18)20-11(3)6-10(2)8-14(20)19-15/h4-5,7,10-11H,6,8,18H2,1-3H3. The second-order valence-corrected chi connectivity index (χ2v) is 6.01. The van der Waals surface area contributed by atoms with Crippen LogP contribution in [0.1, 0.15) is 37.7 Å². The Kier molecular flexibility index (Phi) is 3.04. The molecular formula is C16H20FN3. The van der Waals surface area contributed by atoms with Crippen molar-refractivity contribution in [1.82, 2.24) is 9.55 Å². The van der Waals surface area contributed by atoms with Crippen LogP contribution in [0, 0.1) is 18.7 Å². The number of fused-ring (bicyclic) bond motifs is 1. The summed E-state index contributed by atoms with van der Waals surface area (Å²) in [6.07, 6.45) is 1.99. The van der Waals surface area contributed by atoms with Crippen LogP contribution >= 0.6 is 0 Å². The summed E-state index contributed by atoms with van der Waals surface area (Å²) < 4.78 is 16.1. The van der Waals surface area contributed by atoms with E-state index in [1.165, 1.54) is 6.07 Å². The highest BCUT2D eigenvalue weighted by atomic mass is 19.1. The monoisotopic (exact) mass is 273 g/mol. The van der Waals surface area contributed by atoms with Crippen LogP contribution in [0.25, 0.3) is 11.3 Å². The highest BCUT2D eigenvalue weighted by Crippen LogP contribution is 2.37. The number of nitrogens with two attached hydrogens (primary N) is 1. The van der Waals surface area contributed by atoms with Crippen LogP contribution in [0.15, 0.2) is 18.2 Å². The van der Waals surface area contributed by atoms with Crippen molar-refractivity contribution in [3.05, 3.63) is 35.4 Å². The first-order valence-corrected chi connectivity index (χ1v) is 7.10. The van der Waals surface area contributed by atoms with Crippen LogP contribution in [0.2, 0.25) is 0 Å². The Bertz CT molecular complexity index is 660. The minimum absolute atomic E-state index is 0.265. The molecule has 0 bridgehead atoms. The highest BCUT2D eigenvalue weighted by molar-refractivity contribution is 5.72. The Morgan fingerprint density at radius 1 is 1.35 bits per heavy atom. The van der Waals surface area contributed by atoms with Crippen molar-refractivity contribution in [2.24, 2.45) is 5.92 Å². The van der Waals surface area contributed by atoms with Crippen molar-refractivity contribution >= 4 is 5.82 Å². The van der Waals surface area contributed by atoms with E-state index in [9.17, 15) is 4.39 Å². The topological polar surface area (TPSA) is 43.8 Å². The zero-order chi connectivity index (χ0) is 14.4. The maximum Gasteiger partial charge on any atom is 0.132 e. The first-order chi connectivity index (χ1) is 9.47. The molecule has 1 aromatic heterocycles. The van der Waals surface area contributed by atoms with E-state index >= 15 is 0 Å². The van der Waals surface area contributed by atoms with E-state index in [1.807, 2.05) is 13.0 Å². The average molecular weight is 273 g/mol. The van der Waals surface area contributed by atoms with Crippen molar-refractivity contribution in [1.29, 1.82) is 0 Å². The molecule has 3 rings (SSSR count). The molecule has 106 valence electrons. The Labute approximate surface area is 118 Å².